The zero-order valence-corrected chi connectivity index (χ0v) is 17.0. The topological polar surface area (TPSA) is 101 Å². The van der Waals surface area contributed by atoms with Gasteiger partial charge in [-0.1, -0.05) is 18.2 Å². The van der Waals surface area contributed by atoms with Crippen LogP contribution >= 0.6 is 0 Å². The van der Waals surface area contributed by atoms with Crippen LogP contribution in [-0.2, 0) is 16.6 Å². The average molecular weight is 407 g/mol. The maximum Gasteiger partial charge on any atom is 0.230 e. The molecular formula is C18H26N6O3S. The van der Waals surface area contributed by atoms with Crippen LogP contribution in [-0.4, -0.2) is 62.9 Å². The Morgan fingerprint density at radius 2 is 1.82 bits per heavy atom. The molecule has 1 N–H and O–H groups in total. The Kier molecular flexibility index (Phi) is 6.63. The van der Waals surface area contributed by atoms with E-state index in [1.165, 1.54) is 0 Å². The molecule has 3 rings (SSSR count). The zero-order chi connectivity index (χ0) is 20.0. The first-order chi connectivity index (χ1) is 13.4. The lowest BCUT2D eigenvalue weighted by Crippen LogP contribution is -2.30. The van der Waals surface area contributed by atoms with E-state index in [-0.39, 0.29) is 18.9 Å². The highest BCUT2D eigenvalue weighted by molar-refractivity contribution is 7.89. The van der Waals surface area contributed by atoms with E-state index in [2.05, 4.69) is 24.6 Å². The SMILES string of the molecule is CN(C)c1nc(CNS(=O)(=O)CCOc2ccccc2)nc(N2CCCC2)n1. The van der Waals surface area contributed by atoms with Crippen LogP contribution in [0.2, 0.25) is 0 Å². The Morgan fingerprint density at radius 1 is 1.11 bits per heavy atom. The molecule has 9 nitrogen and oxygen atoms in total. The van der Waals surface area contributed by atoms with Crippen LogP contribution in [0.15, 0.2) is 30.3 Å². The molecule has 1 aromatic heterocycles. The highest BCUT2D eigenvalue weighted by atomic mass is 32.2. The van der Waals surface area contributed by atoms with Gasteiger partial charge in [0, 0.05) is 27.2 Å². The van der Waals surface area contributed by atoms with Gasteiger partial charge in [0.25, 0.3) is 0 Å². The predicted octanol–water partition coefficient (Wildman–Crippen LogP) is 1.04. The van der Waals surface area contributed by atoms with Crippen LogP contribution in [0.4, 0.5) is 11.9 Å². The fraction of sp³-hybridized carbons (Fsp3) is 0.500. The molecule has 2 aromatic rings. The molecule has 1 aromatic carbocycles. The molecule has 28 heavy (non-hydrogen) atoms. The molecule has 152 valence electrons. The summed E-state index contributed by atoms with van der Waals surface area (Å²) in [6.45, 7) is 1.88. The van der Waals surface area contributed by atoms with E-state index in [0.29, 0.717) is 23.5 Å². The van der Waals surface area contributed by atoms with Crippen LogP contribution in [0.1, 0.15) is 18.7 Å². The number of nitrogens with one attached hydrogen (secondary N) is 1. The first-order valence-electron chi connectivity index (χ1n) is 9.25. The van der Waals surface area contributed by atoms with Gasteiger partial charge in [0.15, 0.2) is 5.82 Å². The fourth-order valence-electron chi connectivity index (χ4n) is 2.77. The molecular weight excluding hydrogens is 380 g/mol. The summed E-state index contributed by atoms with van der Waals surface area (Å²) in [5, 5.41) is 0. The molecule has 1 aliphatic rings. The number of sulfonamides is 1. The monoisotopic (exact) mass is 406 g/mol. The smallest absolute Gasteiger partial charge is 0.230 e. The number of aromatic nitrogens is 3. The number of nitrogens with zero attached hydrogens (tertiary/aromatic N) is 5. The van der Waals surface area contributed by atoms with Crippen molar-refractivity contribution >= 4 is 21.9 Å². The Balaban J connectivity index is 1.60. The van der Waals surface area contributed by atoms with Crippen LogP contribution in [0.3, 0.4) is 0 Å². The summed E-state index contributed by atoms with van der Waals surface area (Å²) < 4.78 is 32.5. The van der Waals surface area contributed by atoms with E-state index in [1.807, 2.05) is 32.3 Å². The Labute approximate surface area is 165 Å². The van der Waals surface area contributed by atoms with Gasteiger partial charge >= 0.3 is 0 Å². The van der Waals surface area contributed by atoms with Crippen LogP contribution in [0, 0.1) is 0 Å². The maximum atomic E-state index is 12.3. The highest BCUT2D eigenvalue weighted by Gasteiger charge is 2.19. The summed E-state index contributed by atoms with van der Waals surface area (Å²) in [5.41, 5.74) is 0. The summed E-state index contributed by atoms with van der Waals surface area (Å²) >= 11 is 0. The minimum Gasteiger partial charge on any atom is -0.492 e. The second-order valence-corrected chi connectivity index (χ2v) is 8.67. The molecule has 2 heterocycles. The summed E-state index contributed by atoms with van der Waals surface area (Å²) in [4.78, 5) is 17.2. The van der Waals surface area contributed by atoms with Crippen LogP contribution in [0.5, 0.6) is 5.75 Å². The number of rotatable bonds is 9. The molecule has 10 heteroatoms. The molecule has 1 saturated heterocycles. The Bertz CT molecular complexity index is 870. The minimum atomic E-state index is -3.52. The fourth-order valence-corrected chi connectivity index (χ4v) is 3.56. The van der Waals surface area contributed by atoms with Crippen molar-refractivity contribution in [2.75, 3.05) is 49.3 Å². The lowest BCUT2D eigenvalue weighted by Gasteiger charge is -2.19. The van der Waals surface area contributed by atoms with E-state index in [9.17, 15) is 8.42 Å². The molecule has 0 aliphatic carbocycles. The quantitative estimate of drug-likeness (QED) is 0.659. The van der Waals surface area contributed by atoms with Crippen molar-refractivity contribution in [3.05, 3.63) is 36.2 Å². The molecule has 0 amide bonds. The third kappa shape index (κ3) is 5.77. The molecule has 0 spiro atoms. The van der Waals surface area contributed by atoms with E-state index in [1.54, 1.807) is 17.0 Å². The average Bonchev–Trinajstić information content (AvgIpc) is 3.22. The Hall–Kier alpha value is -2.46. The minimum absolute atomic E-state index is 0.0118. The molecule has 1 fully saturated rings. The first-order valence-corrected chi connectivity index (χ1v) is 10.9. The summed E-state index contributed by atoms with van der Waals surface area (Å²) in [5.74, 6) is 2.00. The predicted molar refractivity (Wildman–Crippen MR) is 108 cm³/mol. The molecule has 1 aliphatic heterocycles. The summed E-state index contributed by atoms with van der Waals surface area (Å²) in [6.07, 6.45) is 2.21. The largest absolute Gasteiger partial charge is 0.492 e. The van der Waals surface area contributed by atoms with E-state index in [4.69, 9.17) is 4.74 Å². The number of anilines is 2. The maximum absolute atomic E-state index is 12.3. The van der Waals surface area contributed by atoms with Crippen molar-refractivity contribution < 1.29 is 13.2 Å². The standard InChI is InChI=1S/C18H26N6O3S/c1-23(2)17-20-16(21-18(22-17)24-10-6-7-11-24)14-19-28(25,26)13-12-27-15-8-4-3-5-9-15/h3-5,8-9,19H,6-7,10-14H2,1-2H3. The van der Waals surface area contributed by atoms with Gasteiger partial charge in [0.2, 0.25) is 21.9 Å². The molecule has 0 atom stereocenters. The molecule has 0 unspecified atom stereocenters. The van der Waals surface area contributed by atoms with Gasteiger partial charge in [0.05, 0.1) is 12.3 Å². The zero-order valence-electron chi connectivity index (χ0n) is 16.2. The molecule has 0 radical (unpaired) electrons. The number of hydrogen-bond acceptors (Lipinski definition) is 8. The number of benzene rings is 1. The summed E-state index contributed by atoms with van der Waals surface area (Å²) in [7, 11) is 0.173. The van der Waals surface area contributed by atoms with Crippen molar-refractivity contribution in [1.29, 1.82) is 0 Å². The normalized spacial score (nSPS) is 14.3. The van der Waals surface area contributed by atoms with Crippen molar-refractivity contribution in [1.82, 2.24) is 19.7 Å². The van der Waals surface area contributed by atoms with Gasteiger partial charge < -0.3 is 14.5 Å². The van der Waals surface area contributed by atoms with Crippen LogP contribution in [0.25, 0.3) is 0 Å². The van der Waals surface area contributed by atoms with Crippen molar-refractivity contribution in [3.8, 4) is 5.75 Å². The van der Waals surface area contributed by atoms with Gasteiger partial charge in [0.1, 0.15) is 12.4 Å². The Morgan fingerprint density at radius 3 is 2.50 bits per heavy atom. The van der Waals surface area contributed by atoms with Crippen molar-refractivity contribution in [3.63, 3.8) is 0 Å². The van der Waals surface area contributed by atoms with Gasteiger partial charge in [-0.2, -0.15) is 15.0 Å². The third-order valence-corrected chi connectivity index (χ3v) is 5.55. The van der Waals surface area contributed by atoms with E-state index in [0.717, 1.165) is 25.9 Å². The highest BCUT2D eigenvalue weighted by Crippen LogP contribution is 2.18. The van der Waals surface area contributed by atoms with E-state index < -0.39 is 10.0 Å². The molecule has 0 saturated carbocycles. The lowest BCUT2D eigenvalue weighted by molar-refractivity contribution is 0.340. The third-order valence-electron chi connectivity index (χ3n) is 4.26. The van der Waals surface area contributed by atoms with Gasteiger partial charge in [-0.25, -0.2) is 13.1 Å². The molecule has 0 bridgehead atoms. The van der Waals surface area contributed by atoms with Gasteiger partial charge in [-0.15, -0.1) is 0 Å². The van der Waals surface area contributed by atoms with E-state index >= 15 is 0 Å². The first kappa shape index (κ1) is 20.3. The lowest BCUT2D eigenvalue weighted by atomic mass is 10.3. The van der Waals surface area contributed by atoms with Crippen molar-refractivity contribution in [2.24, 2.45) is 0 Å². The summed E-state index contributed by atoms with van der Waals surface area (Å²) in [6, 6.07) is 9.12. The number of para-hydroxylation sites is 1. The van der Waals surface area contributed by atoms with Crippen LogP contribution < -0.4 is 19.3 Å². The number of hydrogen-bond donors (Lipinski definition) is 1. The van der Waals surface area contributed by atoms with Gasteiger partial charge in [-0.3, -0.25) is 0 Å². The van der Waals surface area contributed by atoms with Gasteiger partial charge in [-0.05, 0) is 25.0 Å². The second-order valence-electron chi connectivity index (χ2n) is 6.74. The number of ether oxygens (including phenoxy) is 1. The van der Waals surface area contributed by atoms with Crippen molar-refractivity contribution in [2.45, 2.75) is 19.4 Å². The second kappa shape index (κ2) is 9.16.